The maximum Gasteiger partial charge on any atom is 0.249 e. The molecule has 0 spiro atoms. The molecular weight excluding hydrogens is 438 g/mol. The van der Waals surface area contributed by atoms with E-state index in [1.807, 2.05) is 38.1 Å². The molecule has 1 aromatic rings. The minimum absolute atomic E-state index is 0.102. The molecule has 3 N–H and O–H groups in total. The number of amides is 3. The van der Waals surface area contributed by atoms with Crippen molar-refractivity contribution in [2.24, 2.45) is 10.9 Å². The van der Waals surface area contributed by atoms with Crippen LogP contribution in [0.1, 0.15) is 58.2 Å². The van der Waals surface area contributed by atoms with Crippen LogP contribution in [-0.4, -0.2) is 51.1 Å². The zero-order valence-corrected chi connectivity index (χ0v) is 20.5. The molecule has 1 aromatic heterocycles. The summed E-state index contributed by atoms with van der Waals surface area (Å²) in [7, 11) is 0. The van der Waals surface area contributed by atoms with Crippen LogP contribution in [0.2, 0.25) is 0 Å². The lowest BCUT2D eigenvalue weighted by Gasteiger charge is -2.27. The average molecular weight is 472 g/mol. The van der Waals surface area contributed by atoms with Gasteiger partial charge in [-0.3, -0.25) is 24.4 Å². The van der Waals surface area contributed by atoms with Crippen LogP contribution < -0.4 is 16.0 Å². The second kappa shape index (κ2) is 11.0. The molecular formula is C24H33N5O3S. The molecule has 0 aromatic carbocycles. The van der Waals surface area contributed by atoms with E-state index >= 15 is 0 Å². The molecule has 9 heteroatoms. The number of aliphatic imine (C=N–C) groups is 1. The summed E-state index contributed by atoms with van der Waals surface area (Å²) in [6.07, 6.45) is 7.43. The Morgan fingerprint density at radius 2 is 2.06 bits per heavy atom. The topological polar surface area (TPSA) is 113 Å². The molecule has 2 aliphatic heterocycles. The summed E-state index contributed by atoms with van der Waals surface area (Å²) in [6.45, 7) is 7.90. The molecule has 33 heavy (non-hydrogen) atoms. The lowest BCUT2D eigenvalue weighted by Crippen LogP contribution is -2.56. The monoisotopic (exact) mass is 471 g/mol. The Bertz CT molecular complexity index is 961. The maximum absolute atomic E-state index is 13.2. The SMILES string of the molecule is CCC/C=C/C1CC(=O)NCc2cc(ccn2)C2=N[C@@](C)(CS2)C(=O)NC(C(C)C)C(=O)N1. The van der Waals surface area contributed by atoms with E-state index in [-0.39, 0.29) is 36.6 Å². The maximum atomic E-state index is 13.2. The highest BCUT2D eigenvalue weighted by molar-refractivity contribution is 8.14. The number of unbranched alkanes of at least 4 members (excludes halogenated alkanes) is 1. The van der Waals surface area contributed by atoms with Gasteiger partial charge in [0.15, 0.2) is 0 Å². The predicted molar refractivity (Wildman–Crippen MR) is 131 cm³/mol. The van der Waals surface area contributed by atoms with E-state index in [1.54, 1.807) is 13.1 Å². The number of rotatable bonds is 4. The second-order valence-electron chi connectivity index (χ2n) is 9.02. The zero-order chi connectivity index (χ0) is 24.0. The quantitative estimate of drug-likeness (QED) is 0.584. The van der Waals surface area contributed by atoms with E-state index in [2.05, 4.69) is 27.9 Å². The van der Waals surface area contributed by atoms with Gasteiger partial charge in [0.1, 0.15) is 11.6 Å². The van der Waals surface area contributed by atoms with E-state index in [9.17, 15) is 14.4 Å². The van der Waals surface area contributed by atoms with Gasteiger partial charge in [-0.05, 0) is 31.4 Å². The fraction of sp³-hybridized carbons (Fsp3) is 0.542. The molecule has 0 radical (unpaired) electrons. The van der Waals surface area contributed by atoms with Crippen molar-refractivity contribution >= 4 is 34.5 Å². The number of hydrogen-bond acceptors (Lipinski definition) is 6. The molecule has 8 nitrogen and oxygen atoms in total. The van der Waals surface area contributed by atoms with Gasteiger partial charge in [-0.15, -0.1) is 11.8 Å². The fourth-order valence-corrected chi connectivity index (χ4v) is 4.80. The van der Waals surface area contributed by atoms with E-state index in [4.69, 9.17) is 4.99 Å². The first-order chi connectivity index (χ1) is 15.7. The van der Waals surface area contributed by atoms with E-state index in [0.717, 1.165) is 23.4 Å². The summed E-state index contributed by atoms with van der Waals surface area (Å²) in [4.78, 5) is 48.0. The summed E-state index contributed by atoms with van der Waals surface area (Å²) >= 11 is 1.50. The van der Waals surface area contributed by atoms with Crippen molar-refractivity contribution in [1.29, 1.82) is 0 Å². The van der Waals surface area contributed by atoms with Crippen LogP contribution in [0.3, 0.4) is 0 Å². The van der Waals surface area contributed by atoms with Crippen LogP contribution >= 0.6 is 11.8 Å². The molecule has 178 valence electrons. The van der Waals surface area contributed by atoms with Crippen molar-refractivity contribution in [3.8, 4) is 0 Å². The Morgan fingerprint density at radius 1 is 1.27 bits per heavy atom. The summed E-state index contributed by atoms with van der Waals surface area (Å²) in [5.74, 6) is -0.431. The van der Waals surface area contributed by atoms with Crippen molar-refractivity contribution in [3.63, 3.8) is 0 Å². The number of pyridine rings is 1. The molecule has 0 aliphatic carbocycles. The highest BCUT2D eigenvalue weighted by atomic mass is 32.2. The van der Waals surface area contributed by atoms with Crippen LogP contribution in [0, 0.1) is 5.92 Å². The number of allylic oxidation sites excluding steroid dienone is 1. The third-order valence-corrected chi connectivity index (χ3v) is 6.96. The Balaban J connectivity index is 1.95. The van der Waals surface area contributed by atoms with Gasteiger partial charge < -0.3 is 16.0 Å². The highest BCUT2D eigenvalue weighted by Gasteiger charge is 2.41. The fourth-order valence-electron chi connectivity index (χ4n) is 3.63. The average Bonchev–Trinajstić information content (AvgIpc) is 3.19. The lowest BCUT2D eigenvalue weighted by atomic mass is 9.99. The number of nitrogens with zero attached hydrogens (tertiary/aromatic N) is 2. The molecule has 2 aliphatic rings. The van der Waals surface area contributed by atoms with Crippen molar-refractivity contribution in [1.82, 2.24) is 20.9 Å². The van der Waals surface area contributed by atoms with Crippen molar-refractivity contribution in [2.45, 2.75) is 71.1 Å². The Hall–Kier alpha value is -2.68. The first-order valence-electron chi connectivity index (χ1n) is 11.4. The van der Waals surface area contributed by atoms with Crippen LogP contribution in [0.15, 0.2) is 35.5 Å². The molecule has 4 bridgehead atoms. The molecule has 3 rings (SSSR count). The molecule has 3 heterocycles. The third kappa shape index (κ3) is 6.43. The lowest BCUT2D eigenvalue weighted by molar-refractivity contribution is -0.132. The van der Waals surface area contributed by atoms with Crippen LogP contribution in [0.5, 0.6) is 0 Å². The molecule has 2 unspecified atom stereocenters. The minimum atomic E-state index is -0.970. The predicted octanol–water partition coefficient (Wildman–Crippen LogP) is 2.34. The Labute approximate surface area is 199 Å². The number of thioether (sulfide) groups is 1. The van der Waals surface area contributed by atoms with Crippen LogP contribution in [0.4, 0.5) is 0 Å². The zero-order valence-electron chi connectivity index (χ0n) is 19.7. The van der Waals surface area contributed by atoms with E-state index in [1.165, 1.54) is 11.8 Å². The summed E-state index contributed by atoms with van der Waals surface area (Å²) in [5, 5.41) is 9.51. The Morgan fingerprint density at radius 3 is 2.79 bits per heavy atom. The first kappa shape index (κ1) is 25.0. The van der Waals surface area contributed by atoms with Crippen LogP contribution in [-0.2, 0) is 20.9 Å². The summed E-state index contributed by atoms with van der Waals surface area (Å²) < 4.78 is 0. The minimum Gasteiger partial charge on any atom is -0.350 e. The van der Waals surface area contributed by atoms with Gasteiger partial charge in [-0.2, -0.15) is 0 Å². The molecule has 0 fully saturated rings. The van der Waals surface area contributed by atoms with Crippen molar-refractivity contribution in [3.05, 3.63) is 41.7 Å². The molecule has 0 saturated carbocycles. The normalized spacial score (nSPS) is 26.7. The third-order valence-electron chi connectivity index (χ3n) is 5.65. The number of carbonyl (C=O) groups is 3. The number of fused-ring (bicyclic) bond motifs is 4. The number of nitrogens with one attached hydrogen (secondary N) is 3. The van der Waals surface area contributed by atoms with Gasteiger partial charge in [0.25, 0.3) is 0 Å². The summed E-state index contributed by atoms with van der Waals surface area (Å²) in [5.41, 5.74) is 0.598. The molecule has 3 atom stereocenters. The number of carbonyl (C=O) groups excluding carboxylic acids is 3. The van der Waals surface area contributed by atoms with E-state index < -0.39 is 17.6 Å². The van der Waals surface area contributed by atoms with Gasteiger partial charge in [0.2, 0.25) is 17.7 Å². The summed E-state index contributed by atoms with van der Waals surface area (Å²) in [6, 6.07) is 2.53. The van der Waals surface area contributed by atoms with Gasteiger partial charge in [-0.1, -0.05) is 39.3 Å². The number of aromatic nitrogens is 1. The van der Waals surface area contributed by atoms with Gasteiger partial charge >= 0.3 is 0 Å². The largest absolute Gasteiger partial charge is 0.350 e. The molecule has 0 saturated heterocycles. The van der Waals surface area contributed by atoms with Gasteiger partial charge in [-0.25, -0.2) is 0 Å². The second-order valence-corrected chi connectivity index (χ2v) is 9.99. The smallest absolute Gasteiger partial charge is 0.249 e. The van der Waals surface area contributed by atoms with Crippen molar-refractivity contribution in [2.75, 3.05) is 5.75 Å². The number of hydrogen-bond donors (Lipinski definition) is 3. The molecule has 3 amide bonds. The highest BCUT2D eigenvalue weighted by Crippen LogP contribution is 2.31. The standard InChI is InChI=1S/C24H33N5O3S/c1-5-6-7-8-17-12-19(30)26-13-18-11-16(9-10-25-18)22-29-24(4,14-33-22)23(32)28-20(15(2)3)21(31)27-17/h7-11,15,17,20H,5-6,12-14H2,1-4H3,(H,26,30)(H,27,31)(H,28,32)/b8-7+/t17?,20?,24-/m0/s1. The first-order valence-corrected chi connectivity index (χ1v) is 12.4. The van der Waals surface area contributed by atoms with Crippen LogP contribution in [0.25, 0.3) is 0 Å². The Kier molecular flexibility index (Phi) is 8.29. The van der Waals surface area contributed by atoms with Crippen molar-refractivity contribution < 1.29 is 14.4 Å². The van der Waals surface area contributed by atoms with E-state index in [0.29, 0.717) is 11.4 Å². The van der Waals surface area contributed by atoms with Gasteiger partial charge in [0.05, 0.1) is 29.7 Å². The van der Waals surface area contributed by atoms with Gasteiger partial charge in [0, 0.05) is 17.5 Å².